The van der Waals surface area contributed by atoms with Crippen LogP contribution in [0.3, 0.4) is 0 Å². The maximum Gasteiger partial charge on any atom is 0.142 e. The van der Waals surface area contributed by atoms with Crippen LogP contribution in [-0.2, 0) is 0 Å². The lowest BCUT2D eigenvalue weighted by Crippen LogP contribution is -1.89. The second-order valence-corrected chi connectivity index (χ2v) is 4.92. The monoisotopic (exact) mass is 271 g/mol. The highest BCUT2D eigenvalue weighted by atomic mass is 32.2. The quantitative estimate of drug-likeness (QED) is 0.742. The van der Waals surface area contributed by atoms with Gasteiger partial charge in [0.2, 0.25) is 0 Å². The topological polar surface area (TPSA) is 50.8 Å². The van der Waals surface area contributed by atoms with Crippen molar-refractivity contribution in [2.24, 2.45) is 0 Å². The first-order valence-electron chi connectivity index (χ1n) is 5.84. The molecule has 2 heterocycles. The Hall–Kier alpha value is -2.01. The number of aromatic amines is 1. The molecular formula is C14H13N3OS. The van der Waals surface area contributed by atoms with Crippen molar-refractivity contribution in [1.82, 2.24) is 15.0 Å². The highest BCUT2D eigenvalue weighted by molar-refractivity contribution is 7.98. The van der Waals surface area contributed by atoms with Crippen molar-refractivity contribution in [2.75, 3.05) is 13.4 Å². The second kappa shape index (κ2) is 4.93. The van der Waals surface area contributed by atoms with Gasteiger partial charge in [0.05, 0.1) is 29.9 Å². The van der Waals surface area contributed by atoms with Gasteiger partial charge in [-0.15, -0.1) is 11.8 Å². The van der Waals surface area contributed by atoms with Crippen LogP contribution < -0.4 is 4.74 Å². The number of benzene rings is 1. The molecule has 0 unspecified atom stereocenters. The van der Waals surface area contributed by atoms with Gasteiger partial charge in [-0.2, -0.15) is 0 Å². The van der Waals surface area contributed by atoms with Crippen molar-refractivity contribution in [3.05, 3.63) is 36.7 Å². The van der Waals surface area contributed by atoms with Gasteiger partial charge < -0.3 is 9.72 Å². The lowest BCUT2D eigenvalue weighted by molar-refractivity contribution is 0.416. The maximum atomic E-state index is 5.41. The molecule has 0 aliphatic heterocycles. The van der Waals surface area contributed by atoms with Gasteiger partial charge >= 0.3 is 0 Å². The van der Waals surface area contributed by atoms with E-state index in [9.17, 15) is 0 Å². The molecule has 19 heavy (non-hydrogen) atoms. The van der Waals surface area contributed by atoms with Crippen molar-refractivity contribution in [1.29, 1.82) is 0 Å². The molecule has 0 atom stereocenters. The predicted molar refractivity (Wildman–Crippen MR) is 77.7 cm³/mol. The lowest BCUT2D eigenvalue weighted by atomic mass is 10.2. The molecule has 4 nitrogen and oxygen atoms in total. The Morgan fingerprint density at radius 1 is 1.26 bits per heavy atom. The van der Waals surface area contributed by atoms with Gasteiger partial charge in [0.1, 0.15) is 11.6 Å². The Bertz CT molecular complexity index is 691. The van der Waals surface area contributed by atoms with E-state index in [-0.39, 0.29) is 0 Å². The van der Waals surface area contributed by atoms with Crippen molar-refractivity contribution >= 4 is 22.8 Å². The number of ether oxygens (including phenoxy) is 1. The average molecular weight is 271 g/mol. The van der Waals surface area contributed by atoms with Gasteiger partial charge in [-0.3, -0.25) is 4.98 Å². The summed E-state index contributed by atoms with van der Waals surface area (Å²) >= 11 is 1.69. The molecule has 0 bridgehead atoms. The number of thioether (sulfide) groups is 1. The Labute approximate surface area is 115 Å². The van der Waals surface area contributed by atoms with Crippen LogP contribution >= 0.6 is 11.8 Å². The van der Waals surface area contributed by atoms with Crippen LogP contribution in [0, 0.1) is 0 Å². The molecule has 5 heteroatoms. The first-order valence-corrected chi connectivity index (χ1v) is 7.06. The number of nitrogens with zero attached hydrogens (tertiary/aromatic N) is 2. The fourth-order valence-electron chi connectivity index (χ4n) is 1.98. The molecule has 1 aromatic carbocycles. The summed E-state index contributed by atoms with van der Waals surface area (Å²) in [4.78, 5) is 13.1. The van der Waals surface area contributed by atoms with Gasteiger partial charge in [0.25, 0.3) is 0 Å². The SMILES string of the molecule is COc1ccc(SC)cc1-c1nc2ccncc2[nH]1. The summed E-state index contributed by atoms with van der Waals surface area (Å²) in [6, 6.07) is 7.97. The molecule has 0 saturated heterocycles. The van der Waals surface area contributed by atoms with E-state index in [1.54, 1.807) is 31.3 Å². The van der Waals surface area contributed by atoms with Crippen LogP contribution in [0.1, 0.15) is 0 Å². The summed E-state index contributed by atoms with van der Waals surface area (Å²) < 4.78 is 5.41. The van der Waals surface area contributed by atoms with Crippen molar-refractivity contribution < 1.29 is 4.74 Å². The molecule has 3 aromatic rings. The highest BCUT2D eigenvalue weighted by Gasteiger charge is 2.11. The number of fused-ring (bicyclic) bond motifs is 1. The highest BCUT2D eigenvalue weighted by Crippen LogP contribution is 2.32. The van der Waals surface area contributed by atoms with E-state index in [1.165, 1.54) is 4.90 Å². The lowest BCUT2D eigenvalue weighted by Gasteiger charge is -2.07. The third kappa shape index (κ3) is 2.17. The fourth-order valence-corrected chi connectivity index (χ4v) is 2.42. The Balaban J connectivity index is 2.19. The van der Waals surface area contributed by atoms with Crippen molar-refractivity contribution in [3.63, 3.8) is 0 Å². The minimum Gasteiger partial charge on any atom is -0.496 e. The summed E-state index contributed by atoms with van der Waals surface area (Å²) in [5, 5.41) is 0. The van der Waals surface area contributed by atoms with Gasteiger partial charge in [-0.05, 0) is 30.5 Å². The van der Waals surface area contributed by atoms with Crippen LogP contribution in [-0.4, -0.2) is 28.3 Å². The number of rotatable bonds is 3. The third-order valence-corrected chi connectivity index (χ3v) is 3.67. The Morgan fingerprint density at radius 2 is 2.16 bits per heavy atom. The molecule has 1 N–H and O–H groups in total. The van der Waals surface area contributed by atoms with Gasteiger partial charge in [-0.25, -0.2) is 4.98 Å². The van der Waals surface area contributed by atoms with Gasteiger partial charge in [0, 0.05) is 11.1 Å². The van der Waals surface area contributed by atoms with E-state index in [4.69, 9.17) is 4.74 Å². The molecule has 2 aromatic heterocycles. The normalized spacial score (nSPS) is 10.8. The zero-order chi connectivity index (χ0) is 13.2. The fraction of sp³-hybridized carbons (Fsp3) is 0.143. The molecule has 0 amide bonds. The molecule has 3 rings (SSSR count). The number of methoxy groups -OCH3 is 1. The number of hydrogen-bond donors (Lipinski definition) is 1. The average Bonchev–Trinajstić information content (AvgIpc) is 2.90. The van der Waals surface area contributed by atoms with E-state index in [2.05, 4.69) is 21.0 Å². The van der Waals surface area contributed by atoms with Crippen LogP contribution in [0.25, 0.3) is 22.4 Å². The minimum atomic E-state index is 0.802. The smallest absolute Gasteiger partial charge is 0.142 e. The molecule has 0 aliphatic carbocycles. The maximum absolute atomic E-state index is 5.41. The molecule has 96 valence electrons. The van der Waals surface area contributed by atoms with Crippen LogP contribution in [0.2, 0.25) is 0 Å². The molecule has 0 spiro atoms. The summed E-state index contributed by atoms with van der Waals surface area (Å²) in [5.74, 6) is 1.61. The first-order chi connectivity index (χ1) is 9.31. The Kier molecular flexibility index (Phi) is 3.13. The zero-order valence-corrected chi connectivity index (χ0v) is 11.5. The summed E-state index contributed by atoms with van der Waals surface area (Å²) in [6.07, 6.45) is 5.56. The standard InChI is InChI=1S/C14H13N3OS/c1-18-13-4-3-9(19-2)7-10(13)14-16-11-5-6-15-8-12(11)17-14/h3-8H,1-2H3,(H,16,17). The predicted octanol–water partition coefficient (Wildman–Crippen LogP) is 3.36. The summed E-state index contributed by atoms with van der Waals surface area (Å²) in [7, 11) is 1.67. The molecule has 0 aliphatic rings. The van der Waals surface area contributed by atoms with Crippen LogP contribution in [0.5, 0.6) is 5.75 Å². The largest absolute Gasteiger partial charge is 0.496 e. The zero-order valence-electron chi connectivity index (χ0n) is 10.7. The number of H-pyrrole nitrogens is 1. The molecule has 0 radical (unpaired) electrons. The number of imidazole rings is 1. The number of pyridine rings is 1. The number of nitrogens with one attached hydrogen (secondary N) is 1. The minimum absolute atomic E-state index is 0.802. The number of hydrogen-bond acceptors (Lipinski definition) is 4. The van der Waals surface area contributed by atoms with E-state index < -0.39 is 0 Å². The summed E-state index contributed by atoms with van der Waals surface area (Å²) in [5.41, 5.74) is 2.79. The Morgan fingerprint density at radius 3 is 2.89 bits per heavy atom. The van der Waals surface area contributed by atoms with E-state index in [0.29, 0.717) is 0 Å². The number of aromatic nitrogens is 3. The van der Waals surface area contributed by atoms with Gasteiger partial charge in [0.15, 0.2) is 0 Å². The van der Waals surface area contributed by atoms with E-state index in [1.807, 2.05) is 24.5 Å². The van der Waals surface area contributed by atoms with Crippen molar-refractivity contribution in [3.8, 4) is 17.1 Å². The molecule has 0 fully saturated rings. The van der Waals surface area contributed by atoms with Gasteiger partial charge in [-0.1, -0.05) is 0 Å². The van der Waals surface area contributed by atoms with Crippen LogP contribution in [0.15, 0.2) is 41.6 Å². The molecule has 0 saturated carbocycles. The second-order valence-electron chi connectivity index (χ2n) is 4.04. The first kappa shape index (κ1) is 12.0. The summed E-state index contributed by atoms with van der Waals surface area (Å²) in [6.45, 7) is 0. The van der Waals surface area contributed by atoms with Crippen LogP contribution in [0.4, 0.5) is 0 Å². The van der Waals surface area contributed by atoms with Crippen molar-refractivity contribution in [2.45, 2.75) is 4.90 Å². The van der Waals surface area contributed by atoms with E-state index >= 15 is 0 Å². The molecular weight excluding hydrogens is 258 g/mol. The van der Waals surface area contributed by atoms with E-state index in [0.717, 1.165) is 28.2 Å². The third-order valence-electron chi connectivity index (χ3n) is 2.95.